The van der Waals surface area contributed by atoms with Crippen LogP contribution in [-0.4, -0.2) is 43.8 Å². The number of nitriles is 2. The van der Waals surface area contributed by atoms with Gasteiger partial charge in [-0.15, -0.1) is 0 Å². The largest absolute Gasteiger partial charge is 0.493 e. The Labute approximate surface area is 384 Å². The van der Waals surface area contributed by atoms with Gasteiger partial charge in [-0.2, -0.15) is 28.1 Å². The Balaban J connectivity index is 0.00000104. The molecule has 1 aliphatic heterocycles. The molecule has 13 heteroatoms. The number of hydrogen-bond acceptors (Lipinski definition) is 8. The van der Waals surface area contributed by atoms with Gasteiger partial charge in [-0.25, -0.2) is 14.4 Å². The van der Waals surface area contributed by atoms with Crippen LogP contribution in [0.3, 0.4) is 0 Å². The van der Waals surface area contributed by atoms with Crippen LogP contribution < -0.4 is 4.90 Å². The Morgan fingerprint density at radius 2 is 1.27 bits per heavy atom. The Hall–Kier alpha value is -7.69. The van der Waals surface area contributed by atoms with Gasteiger partial charge in [0.2, 0.25) is 5.70 Å². The van der Waals surface area contributed by atoms with Gasteiger partial charge < -0.3 is 19.1 Å². The second-order valence-corrected chi connectivity index (χ2v) is 15.8. The van der Waals surface area contributed by atoms with E-state index in [1.807, 2.05) is 85.5 Å². The van der Waals surface area contributed by atoms with E-state index in [0.29, 0.717) is 29.8 Å². The summed E-state index contributed by atoms with van der Waals surface area (Å²) < 4.78 is 59.5. The molecule has 2 aliphatic rings. The molecular formula is C53H52F4N4O5. The number of hydrogen-bond donors (Lipinski definition) is 0. The van der Waals surface area contributed by atoms with Crippen molar-refractivity contribution in [2.24, 2.45) is 5.41 Å². The average Bonchev–Trinajstić information content (AvgIpc) is 3.56. The molecule has 0 radical (unpaired) electrons. The van der Waals surface area contributed by atoms with Gasteiger partial charge in [0.15, 0.2) is 11.3 Å². The zero-order valence-electron chi connectivity index (χ0n) is 37.8. The van der Waals surface area contributed by atoms with Crippen molar-refractivity contribution in [1.29, 1.82) is 10.5 Å². The molecule has 0 amide bonds. The Bertz CT molecular complexity index is 2440. The standard InChI is InChI=1S/C47H44N4O5.2C3H4F2/c1-46(2)30-35(13-12-18-41-42(50-5)43(39(32-48)33-49)56-47(41,3)4)29-36(31-46)20-19-34-21-23-40(24-22-34)51(25-27-54-44(52)37-14-8-6-9-15-37)26-28-55-45(53)38-16-10-7-11-17-38;2*1-2-3(4)5/h6-24,29H,25-28,30-31H2,1-4H3;2*2H,1H3/b18-12+,20-19+,35-13?;;. The summed E-state index contributed by atoms with van der Waals surface area (Å²) in [5.41, 5.74) is 4.93. The number of ether oxygens (including phenoxy) is 3. The molecule has 0 N–H and O–H groups in total. The number of benzene rings is 3. The van der Waals surface area contributed by atoms with Crippen LogP contribution in [0.1, 0.15) is 80.7 Å². The van der Waals surface area contributed by atoms with Crippen LogP contribution in [0.25, 0.3) is 10.9 Å². The molecule has 66 heavy (non-hydrogen) atoms. The lowest BCUT2D eigenvalue weighted by Gasteiger charge is -2.30. The topological polar surface area (TPSA) is 117 Å². The molecule has 9 nitrogen and oxygen atoms in total. The fourth-order valence-electron chi connectivity index (χ4n) is 6.62. The van der Waals surface area contributed by atoms with Crippen molar-refractivity contribution in [3.05, 3.63) is 201 Å². The quantitative estimate of drug-likeness (QED) is 0.0720. The number of nitrogens with zero attached hydrogens (tertiary/aromatic N) is 4. The number of esters is 2. The third kappa shape index (κ3) is 17.1. The molecule has 0 bridgehead atoms. The van der Waals surface area contributed by atoms with E-state index in [2.05, 4.69) is 36.9 Å². The number of carbonyl (C=O) groups is 2. The number of carbonyl (C=O) groups excluding carboxylic acids is 2. The minimum Gasteiger partial charge on any atom is -0.493 e. The molecule has 342 valence electrons. The number of halogens is 4. The monoisotopic (exact) mass is 900 g/mol. The molecule has 3 aromatic carbocycles. The molecule has 0 aromatic heterocycles. The van der Waals surface area contributed by atoms with Crippen LogP contribution in [0.5, 0.6) is 0 Å². The highest BCUT2D eigenvalue weighted by Gasteiger charge is 2.38. The first-order valence-electron chi connectivity index (χ1n) is 20.8. The molecule has 0 saturated carbocycles. The van der Waals surface area contributed by atoms with Gasteiger partial charge in [-0.3, -0.25) is 0 Å². The summed E-state index contributed by atoms with van der Waals surface area (Å²) in [6, 6.07) is 29.4. The van der Waals surface area contributed by atoms with Gasteiger partial charge >= 0.3 is 11.9 Å². The lowest BCUT2D eigenvalue weighted by atomic mass is 9.75. The fraction of sp³-hybridized carbons (Fsp3) is 0.264. The van der Waals surface area contributed by atoms with E-state index in [4.69, 9.17) is 20.8 Å². The van der Waals surface area contributed by atoms with Gasteiger partial charge in [0.05, 0.1) is 30.8 Å². The highest BCUT2D eigenvalue weighted by molar-refractivity contribution is 5.89. The van der Waals surface area contributed by atoms with Crippen molar-refractivity contribution in [1.82, 2.24) is 0 Å². The SMILES string of the molecule is CC=C(F)F.CC=C(F)F.[C-]#[N+]C1=C(/C=C/C=C2C=C(/C=C/c3ccc(N(CCOC(=O)c4ccccc4)CCOC(=O)c4ccccc4)cc3)CC(C)(C)C2)C(C)(C)OC1=C(C#N)C#N. The van der Waals surface area contributed by atoms with Crippen LogP contribution >= 0.6 is 0 Å². The molecular weight excluding hydrogens is 849 g/mol. The van der Waals surface area contributed by atoms with Gasteiger partial charge in [0.1, 0.15) is 31.0 Å². The fourth-order valence-corrected chi connectivity index (χ4v) is 6.62. The van der Waals surface area contributed by atoms with Gasteiger partial charge in [0.25, 0.3) is 12.2 Å². The summed E-state index contributed by atoms with van der Waals surface area (Å²) in [5.74, 6) is -0.761. The molecule has 3 aromatic rings. The third-order valence-electron chi connectivity index (χ3n) is 9.74. The summed E-state index contributed by atoms with van der Waals surface area (Å²) >= 11 is 0. The number of anilines is 1. The van der Waals surface area contributed by atoms with E-state index in [9.17, 15) is 37.7 Å². The van der Waals surface area contributed by atoms with Crippen LogP contribution in [-0.2, 0) is 14.2 Å². The molecule has 0 unspecified atom stereocenters. The third-order valence-corrected chi connectivity index (χ3v) is 9.74. The van der Waals surface area contributed by atoms with Crippen molar-refractivity contribution in [2.45, 2.75) is 60.0 Å². The summed E-state index contributed by atoms with van der Waals surface area (Å²) in [5, 5.41) is 18.7. The molecule has 5 rings (SSSR count). The molecule has 0 fully saturated rings. The van der Waals surface area contributed by atoms with Crippen molar-refractivity contribution in [2.75, 3.05) is 31.2 Å². The van der Waals surface area contributed by atoms with E-state index < -0.39 is 29.7 Å². The minimum atomic E-state index is -1.62. The van der Waals surface area contributed by atoms with Crippen LogP contribution in [0.4, 0.5) is 23.2 Å². The maximum atomic E-state index is 12.6. The van der Waals surface area contributed by atoms with Crippen LogP contribution in [0.2, 0.25) is 0 Å². The normalized spacial score (nSPS) is 15.0. The second-order valence-electron chi connectivity index (χ2n) is 15.8. The lowest BCUT2D eigenvalue weighted by Crippen LogP contribution is -2.32. The van der Waals surface area contributed by atoms with Crippen LogP contribution in [0, 0.1) is 34.6 Å². The first kappa shape index (κ1) is 52.7. The number of allylic oxidation sites excluding steroid dienone is 9. The summed E-state index contributed by atoms with van der Waals surface area (Å²) in [7, 11) is 0. The number of rotatable bonds is 13. The van der Waals surface area contributed by atoms with Crippen molar-refractivity contribution in [3.63, 3.8) is 0 Å². The van der Waals surface area contributed by atoms with E-state index in [1.54, 1.807) is 48.5 Å². The first-order chi connectivity index (χ1) is 31.5. The summed E-state index contributed by atoms with van der Waals surface area (Å²) in [6.07, 6.45) is 12.2. The maximum absolute atomic E-state index is 12.6. The summed E-state index contributed by atoms with van der Waals surface area (Å²) in [4.78, 5) is 30.8. The Kier molecular flexibility index (Phi) is 20.9. The highest BCUT2D eigenvalue weighted by atomic mass is 19.3. The van der Waals surface area contributed by atoms with Gasteiger partial charge in [-0.05, 0) is 111 Å². The molecule has 1 aliphatic carbocycles. The molecule has 0 spiro atoms. The smallest absolute Gasteiger partial charge is 0.338 e. The highest BCUT2D eigenvalue weighted by Crippen LogP contribution is 2.42. The van der Waals surface area contributed by atoms with Gasteiger partial charge in [-0.1, -0.05) is 98.8 Å². The zero-order valence-corrected chi connectivity index (χ0v) is 37.8. The van der Waals surface area contributed by atoms with Gasteiger partial charge in [0, 0.05) is 11.3 Å². The second kappa shape index (κ2) is 26.2. The van der Waals surface area contributed by atoms with E-state index >= 15 is 0 Å². The van der Waals surface area contributed by atoms with Crippen LogP contribution in [0.15, 0.2) is 173 Å². The zero-order chi connectivity index (χ0) is 48.7. The predicted molar refractivity (Wildman–Crippen MR) is 248 cm³/mol. The van der Waals surface area contributed by atoms with Crippen molar-refractivity contribution in [3.8, 4) is 12.1 Å². The average molecular weight is 901 g/mol. The minimum absolute atomic E-state index is 0.0213. The molecule has 0 saturated heterocycles. The maximum Gasteiger partial charge on any atom is 0.338 e. The molecule has 0 atom stereocenters. The molecule has 1 heterocycles. The lowest BCUT2D eigenvalue weighted by molar-refractivity contribution is 0.0503. The summed E-state index contributed by atoms with van der Waals surface area (Å²) in [6.45, 7) is 19.5. The van der Waals surface area contributed by atoms with E-state index in [0.717, 1.165) is 41.8 Å². The predicted octanol–water partition coefficient (Wildman–Crippen LogP) is 13.3. The Morgan fingerprint density at radius 3 is 1.73 bits per heavy atom. The van der Waals surface area contributed by atoms with Crippen molar-refractivity contribution < 1.29 is 41.4 Å². The first-order valence-corrected chi connectivity index (χ1v) is 20.8. The van der Waals surface area contributed by atoms with E-state index in [-0.39, 0.29) is 35.7 Å². The Morgan fingerprint density at radius 1 is 0.773 bits per heavy atom. The van der Waals surface area contributed by atoms with Crippen molar-refractivity contribution >= 4 is 23.7 Å². The van der Waals surface area contributed by atoms with E-state index in [1.165, 1.54) is 19.4 Å².